The van der Waals surface area contributed by atoms with Crippen LogP contribution in [0.5, 0.6) is 0 Å². The number of hydrogen-bond donors (Lipinski definition) is 2. The maximum atomic E-state index is 13.3. The maximum Gasteiger partial charge on any atom is 0.408 e. The van der Waals surface area contributed by atoms with Gasteiger partial charge in [-0.3, -0.25) is 9.59 Å². The van der Waals surface area contributed by atoms with E-state index in [2.05, 4.69) is 10.6 Å². The molecule has 0 aliphatic carbocycles. The fourth-order valence-electron chi connectivity index (χ4n) is 3.80. The molecule has 1 aliphatic heterocycles. The van der Waals surface area contributed by atoms with Gasteiger partial charge in [-0.1, -0.05) is 43.7 Å². The summed E-state index contributed by atoms with van der Waals surface area (Å²) in [4.78, 5) is 51.6. The minimum absolute atomic E-state index is 0.0335. The molecule has 1 aromatic carbocycles. The molecule has 0 saturated carbocycles. The van der Waals surface area contributed by atoms with Crippen LogP contribution in [0.3, 0.4) is 0 Å². The van der Waals surface area contributed by atoms with Crippen LogP contribution in [0.15, 0.2) is 30.3 Å². The van der Waals surface area contributed by atoms with E-state index in [0.29, 0.717) is 32.5 Å². The van der Waals surface area contributed by atoms with Crippen molar-refractivity contribution in [1.29, 1.82) is 0 Å². The Balaban J connectivity index is 1.92. The second-order valence-corrected chi connectivity index (χ2v) is 10.1. The summed E-state index contributed by atoms with van der Waals surface area (Å²) in [7, 11) is 0. The van der Waals surface area contributed by atoms with Gasteiger partial charge in [0.2, 0.25) is 5.91 Å². The second kappa shape index (κ2) is 15.1. The Morgan fingerprint density at radius 2 is 1.70 bits per heavy atom. The Labute approximate surface area is 219 Å². The highest BCUT2D eigenvalue weighted by Gasteiger charge is 2.31. The van der Waals surface area contributed by atoms with Crippen LogP contribution in [-0.2, 0) is 30.4 Å². The minimum Gasteiger partial charge on any atom is -0.460 e. The van der Waals surface area contributed by atoms with Crippen molar-refractivity contribution in [1.82, 2.24) is 15.5 Å². The van der Waals surface area contributed by atoms with Crippen LogP contribution in [0, 0.1) is 0 Å². The molecule has 1 saturated heterocycles. The molecule has 1 aromatic rings. The molecule has 10 heteroatoms. The van der Waals surface area contributed by atoms with E-state index < -0.39 is 29.8 Å². The van der Waals surface area contributed by atoms with Gasteiger partial charge in [-0.15, -0.1) is 0 Å². The Bertz CT molecular complexity index is 878. The van der Waals surface area contributed by atoms with Crippen molar-refractivity contribution in [3.05, 3.63) is 35.9 Å². The number of unbranched alkanes of at least 4 members (excludes halogenated alkanes) is 1. The first kappa shape index (κ1) is 29.9. The number of alkyl carbamates (subject to hydrolysis) is 2. The van der Waals surface area contributed by atoms with Crippen molar-refractivity contribution in [2.24, 2.45) is 0 Å². The smallest absolute Gasteiger partial charge is 0.408 e. The Morgan fingerprint density at radius 1 is 1.03 bits per heavy atom. The Hall–Kier alpha value is -3.30. The minimum atomic E-state index is -0.945. The fraction of sp³-hybridized carbons (Fsp3) is 0.630. The number of rotatable bonds is 11. The molecule has 2 rings (SSSR count). The van der Waals surface area contributed by atoms with Gasteiger partial charge in [-0.2, -0.15) is 0 Å². The molecule has 0 bridgehead atoms. The fourth-order valence-corrected chi connectivity index (χ4v) is 3.80. The first-order valence-corrected chi connectivity index (χ1v) is 13.0. The summed E-state index contributed by atoms with van der Waals surface area (Å²) in [6.07, 6.45) is 1.74. The summed E-state index contributed by atoms with van der Waals surface area (Å²) in [6, 6.07) is 8.16. The van der Waals surface area contributed by atoms with Gasteiger partial charge >= 0.3 is 18.2 Å². The lowest BCUT2D eigenvalue weighted by Crippen LogP contribution is -2.53. The van der Waals surface area contributed by atoms with Gasteiger partial charge in [0.1, 0.15) is 18.2 Å². The first-order valence-electron chi connectivity index (χ1n) is 13.0. The highest BCUT2D eigenvalue weighted by Crippen LogP contribution is 2.15. The topological polar surface area (TPSA) is 123 Å². The summed E-state index contributed by atoms with van der Waals surface area (Å²) in [5.41, 5.74) is 0.169. The Morgan fingerprint density at radius 3 is 2.32 bits per heavy atom. The molecule has 0 spiro atoms. The van der Waals surface area contributed by atoms with Gasteiger partial charge in [-0.05, 0) is 52.0 Å². The van der Waals surface area contributed by atoms with Gasteiger partial charge in [0, 0.05) is 25.6 Å². The van der Waals surface area contributed by atoms with Crippen LogP contribution in [-0.4, -0.2) is 66.3 Å². The lowest BCUT2D eigenvalue weighted by atomic mass is 10.0. The number of carbonyl (C=O) groups is 4. The molecule has 1 atom stereocenters. The van der Waals surface area contributed by atoms with Gasteiger partial charge in [0.15, 0.2) is 0 Å². The largest absolute Gasteiger partial charge is 0.460 e. The molecule has 3 amide bonds. The van der Waals surface area contributed by atoms with Gasteiger partial charge in [-0.25, -0.2) is 9.59 Å². The molecule has 0 aromatic heterocycles. The molecule has 206 valence electrons. The van der Waals surface area contributed by atoms with Crippen molar-refractivity contribution in [3.63, 3.8) is 0 Å². The SMILES string of the molecule is CCCCOC(=O)NC1CCN(C(=O)C(CCC(=O)OC(C)(C)C)NC(=O)OCc2ccccc2)CC1. The molecular weight excluding hydrogens is 478 g/mol. The number of amides is 3. The van der Waals surface area contributed by atoms with Gasteiger partial charge < -0.3 is 29.7 Å². The molecule has 10 nitrogen and oxygen atoms in total. The van der Waals surface area contributed by atoms with Crippen molar-refractivity contribution in [2.75, 3.05) is 19.7 Å². The molecule has 1 unspecified atom stereocenters. The monoisotopic (exact) mass is 519 g/mol. The number of ether oxygens (including phenoxy) is 3. The van der Waals surface area contributed by atoms with Crippen LogP contribution in [0.25, 0.3) is 0 Å². The van der Waals surface area contributed by atoms with Crippen LogP contribution in [0.4, 0.5) is 9.59 Å². The van der Waals surface area contributed by atoms with E-state index in [4.69, 9.17) is 14.2 Å². The number of nitrogens with one attached hydrogen (secondary N) is 2. The van der Waals surface area contributed by atoms with E-state index in [1.54, 1.807) is 25.7 Å². The molecule has 2 N–H and O–H groups in total. The van der Waals surface area contributed by atoms with Crippen molar-refractivity contribution < 1.29 is 33.4 Å². The van der Waals surface area contributed by atoms with Crippen LogP contribution in [0.2, 0.25) is 0 Å². The number of benzene rings is 1. The van der Waals surface area contributed by atoms with E-state index in [1.165, 1.54) is 0 Å². The van der Waals surface area contributed by atoms with Gasteiger partial charge in [0.25, 0.3) is 0 Å². The molecule has 37 heavy (non-hydrogen) atoms. The number of piperidine rings is 1. The third-order valence-corrected chi connectivity index (χ3v) is 5.72. The Kier molecular flexibility index (Phi) is 12.2. The van der Waals surface area contributed by atoms with E-state index in [1.807, 2.05) is 37.3 Å². The molecule has 1 fully saturated rings. The summed E-state index contributed by atoms with van der Waals surface area (Å²) >= 11 is 0. The quantitative estimate of drug-likeness (QED) is 0.258. The normalized spacial score (nSPS) is 14.9. The summed E-state index contributed by atoms with van der Waals surface area (Å²) < 4.78 is 15.8. The number of likely N-dealkylation sites (tertiary alicyclic amines) is 1. The molecule has 0 radical (unpaired) electrons. The number of carbonyl (C=O) groups excluding carboxylic acids is 4. The van der Waals surface area contributed by atoms with Gasteiger partial charge in [0.05, 0.1) is 6.61 Å². The maximum absolute atomic E-state index is 13.3. The highest BCUT2D eigenvalue weighted by molar-refractivity contribution is 5.86. The number of esters is 1. The van der Waals surface area contributed by atoms with Crippen LogP contribution in [0.1, 0.15) is 71.8 Å². The van der Waals surface area contributed by atoms with E-state index in [9.17, 15) is 19.2 Å². The predicted octanol–water partition coefficient (Wildman–Crippen LogP) is 3.92. The summed E-state index contributed by atoms with van der Waals surface area (Å²) in [5, 5.41) is 5.47. The third kappa shape index (κ3) is 12.0. The summed E-state index contributed by atoms with van der Waals surface area (Å²) in [5.74, 6) is -0.751. The molecular formula is C27H41N3O7. The lowest BCUT2D eigenvalue weighted by Gasteiger charge is -2.34. The van der Waals surface area contributed by atoms with E-state index >= 15 is 0 Å². The summed E-state index contributed by atoms with van der Waals surface area (Å²) in [6.45, 7) is 8.58. The average Bonchev–Trinajstić information content (AvgIpc) is 2.85. The standard InChI is InChI=1S/C27H41N3O7/c1-5-6-18-35-25(33)28-21-14-16-30(17-15-21)24(32)22(12-13-23(31)37-27(2,3)4)29-26(34)36-19-20-10-8-7-9-11-20/h7-11,21-22H,5-6,12-19H2,1-4H3,(H,28,33)(H,29,34). The third-order valence-electron chi connectivity index (χ3n) is 5.72. The molecule has 1 aliphatic rings. The van der Waals surface area contributed by atoms with Crippen LogP contribution >= 0.6 is 0 Å². The average molecular weight is 520 g/mol. The van der Waals surface area contributed by atoms with Crippen molar-refractivity contribution in [2.45, 2.75) is 90.5 Å². The lowest BCUT2D eigenvalue weighted by molar-refractivity contribution is -0.155. The zero-order valence-electron chi connectivity index (χ0n) is 22.4. The van der Waals surface area contributed by atoms with Crippen LogP contribution < -0.4 is 10.6 Å². The number of hydrogen-bond acceptors (Lipinski definition) is 7. The van der Waals surface area contributed by atoms with E-state index in [-0.39, 0.29) is 31.4 Å². The zero-order valence-corrected chi connectivity index (χ0v) is 22.4. The zero-order chi connectivity index (χ0) is 27.3. The molecule has 1 heterocycles. The number of nitrogens with zero attached hydrogens (tertiary/aromatic N) is 1. The van der Waals surface area contributed by atoms with Crippen molar-refractivity contribution >= 4 is 24.1 Å². The highest BCUT2D eigenvalue weighted by atomic mass is 16.6. The second-order valence-electron chi connectivity index (χ2n) is 10.1. The first-order chi connectivity index (χ1) is 17.6. The predicted molar refractivity (Wildman–Crippen MR) is 138 cm³/mol. The van der Waals surface area contributed by atoms with Crippen molar-refractivity contribution in [3.8, 4) is 0 Å². The van der Waals surface area contributed by atoms with E-state index in [0.717, 1.165) is 18.4 Å².